The van der Waals surface area contributed by atoms with Gasteiger partial charge in [-0.3, -0.25) is 0 Å². The van der Waals surface area contributed by atoms with E-state index in [-0.39, 0.29) is 35.8 Å². The Labute approximate surface area is 139 Å². The first-order valence-corrected chi connectivity index (χ1v) is 7.75. The fourth-order valence-corrected chi connectivity index (χ4v) is 2.28. The van der Waals surface area contributed by atoms with Gasteiger partial charge in [-0.1, -0.05) is 31.5 Å². The Morgan fingerprint density at radius 2 is 1.91 bits per heavy atom. The molecule has 0 fully saturated rings. The lowest BCUT2D eigenvalue weighted by Gasteiger charge is -2.20. The third kappa shape index (κ3) is 4.47. The van der Waals surface area contributed by atoms with Crippen molar-refractivity contribution in [1.29, 1.82) is 0 Å². The number of halogens is 3. The lowest BCUT2D eigenvalue weighted by atomic mass is 10.1. The Morgan fingerprint density at radius 3 is 2.52 bits per heavy atom. The number of benzene rings is 1. The zero-order valence-corrected chi connectivity index (χ0v) is 13.7. The summed E-state index contributed by atoms with van der Waals surface area (Å²) in [4.78, 5) is 4.25. The summed E-state index contributed by atoms with van der Waals surface area (Å²) in [7, 11) is 0. The van der Waals surface area contributed by atoms with Crippen LogP contribution in [0.15, 0.2) is 30.3 Å². The summed E-state index contributed by atoms with van der Waals surface area (Å²) in [5.74, 6) is -0.789. The van der Waals surface area contributed by atoms with Crippen LogP contribution in [0.3, 0.4) is 0 Å². The zero-order chi connectivity index (χ0) is 17.0. The van der Waals surface area contributed by atoms with Crippen LogP contribution >= 0.6 is 11.6 Å². The smallest absolute Gasteiger partial charge is 0.146 e. The number of hydrogen-bond acceptors (Lipinski definition) is 3. The van der Waals surface area contributed by atoms with Crippen LogP contribution in [-0.2, 0) is 6.54 Å². The minimum atomic E-state index is -0.546. The zero-order valence-electron chi connectivity index (χ0n) is 13.0. The normalized spacial score (nSPS) is 12.7. The Bertz CT molecular complexity index is 680. The topological polar surface area (TPSA) is 45.1 Å². The molecule has 23 heavy (non-hydrogen) atoms. The van der Waals surface area contributed by atoms with E-state index >= 15 is 0 Å². The number of nitrogens with one attached hydrogen (secondary N) is 1. The third-order valence-electron chi connectivity index (χ3n) is 3.67. The first kappa shape index (κ1) is 17.8. The standard InChI is InChI=1S/C17H19ClF2N2O/c1-10(2)17(9-23)21-8-16-13(19)5-6-15(22-16)11-3-4-12(18)14(20)7-11/h3-7,10,17,21,23H,8-9H2,1-2H3/t17-/m0/s1. The molecule has 0 spiro atoms. The Kier molecular flexibility index (Phi) is 6.04. The third-order valence-corrected chi connectivity index (χ3v) is 3.97. The van der Waals surface area contributed by atoms with Crippen molar-refractivity contribution in [2.75, 3.05) is 6.61 Å². The molecule has 1 aromatic carbocycles. The molecule has 1 heterocycles. The van der Waals surface area contributed by atoms with E-state index in [1.165, 1.54) is 24.3 Å². The highest BCUT2D eigenvalue weighted by Crippen LogP contribution is 2.23. The van der Waals surface area contributed by atoms with Crippen molar-refractivity contribution in [2.24, 2.45) is 5.92 Å². The van der Waals surface area contributed by atoms with E-state index < -0.39 is 11.6 Å². The first-order chi connectivity index (χ1) is 10.9. The number of hydrogen-bond donors (Lipinski definition) is 2. The molecule has 2 N–H and O–H groups in total. The van der Waals surface area contributed by atoms with Gasteiger partial charge in [-0.15, -0.1) is 0 Å². The molecule has 0 radical (unpaired) electrons. The molecule has 0 unspecified atom stereocenters. The fraction of sp³-hybridized carbons (Fsp3) is 0.353. The molecule has 0 aliphatic heterocycles. The average Bonchev–Trinajstić information content (AvgIpc) is 2.52. The van der Waals surface area contributed by atoms with Crippen molar-refractivity contribution in [3.63, 3.8) is 0 Å². The SMILES string of the molecule is CC(C)[C@H](CO)NCc1nc(-c2ccc(Cl)c(F)c2)ccc1F. The summed E-state index contributed by atoms with van der Waals surface area (Å²) in [6, 6.07) is 6.99. The second kappa shape index (κ2) is 7.81. The molecule has 0 bridgehead atoms. The molecule has 6 heteroatoms. The number of aromatic nitrogens is 1. The van der Waals surface area contributed by atoms with Crippen molar-refractivity contribution in [3.05, 3.63) is 52.7 Å². The predicted molar refractivity (Wildman–Crippen MR) is 87.2 cm³/mol. The maximum absolute atomic E-state index is 13.9. The molecule has 3 nitrogen and oxygen atoms in total. The Balaban J connectivity index is 2.23. The second-order valence-corrected chi connectivity index (χ2v) is 6.08. The molecular formula is C17H19ClF2N2O. The molecular weight excluding hydrogens is 322 g/mol. The molecule has 0 aliphatic carbocycles. The van der Waals surface area contributed by atoms with Gasteiger partial charge in [-0.2, -0.15) is 0 Å². The van der Waals surface area contributed by atoms with Crippen LogP contribution in [0.2, 0.25) is 5.02 Å². The molecule has 0 amide bonds. The number of nitrogens with zero attached hydrogens (tertiary/aromatic N) is 1. The maximum atomic E-state index is 13.9. The van der Waals surface area contributed by atoms with Crippen molar-refractivity contribution < 1.29 is 13.9 Å². The number of aliphatic hydroxyl groups excluding tert-OH is 1. The molecule has 1 aromatic heterocycles. The van der Waals surface area contributed by atoms with Gasteiger partial charge in [0.05, 0.1) is 23.0 Å². The van der Waals surface area contributed by atoms with E-state index in [9.17, 15) is 13.9 Å². The van der Waals surface area contributed by atoms with Crippen molar-refractivity contribution >= 4 is 11.6 Å². The van der Waals surface area contributed by atoms with Gasteiger partial charge in [0, 0.05) is 18.2 Å². The highest BCUT2D eigenvalue weighted by molar-refractivity contribution is 6.30. The minimum absolute atomic E-state index is 0.0282. The van der Waals surface area contributed by atoms with Gasteiger partial charge in [0.25, 0.3) is 0 Å². The van der Waals surface area contributed by atoms with Crippen LogP contribution in [0.4, 0.5) is 8.78 Å². The van der Waals surface area contributed by atoms with Crippen LogP contribution in [0, 0.1) is 17.6 Å². The van der Waals surface area contributed by atoms with Crippen LogP contribution in [0.25, 0.3) is 11.3 Å². The summed E-state index contributed by atoms with van der Waals surface area (Å²) in [6.07, 6.45) is 0. The summed E-state index contributed by atoms with van der Waals surface area (Å²) >= 11 is 5.67. The van der Waals surface area contributed by atoms with E-state index in [2.05, 4.69) is 10.3 Å². The molecule has 124 valence electrons. The quantitative estimate of drug-likeness (QED) is 0.841. The maximum Gasteiger partial charge on any atom is 0.146 e. The largest absolute Gasteiger partial charge is 0.395 e. The molecule has 0 saturated heterocycles. The molecule has 2 rings (SSSR count). The molecule has 1 atom stereocenters. The van der Waals surface area contributed by atoms with Crippen molar-refractivity contribution in [2.45, 2.75) is 26.4 Å². The van der Waals surface area contributed by atoms with E-state index in [0.29, 0.717) is 11.3 Å². The van der Waals surface area contributed by atoms with Crippen LogP contribution in [0.5, 0.6) is 0 Å². The molecule has 0 aliphatic rings. The molecule has 0 saturated carbocycles. The Hall–Kier alpha value is -1.56. The highest BCUT2D eigenvalue weighted by atomic mass is 35.5. The number of pyridine rings is 1. The van der Waals surface area contributed by atoms with Gasteiger partial charge in [-0.05, 0) is 30.2 Å². The number of aliphatic hydroxyl groups is 1. The van der Waals surface area contributed by atoms with Gasteiger partial charge < -0.3 is 10.4 Å². The first-order valence-electron chi connectivity index (χ1n) is 7.37. The van der Waals surface area contributed by atoms with Gasteiger partial charge in [0.15, 0.2) is 0 Å². The van der Waals surface area contributed by atoms with Gasteiger partial charge in [-0.25, -0.2) is 13.8 Å². The van der Waals surface area contributed by atoms with Crippen LogP contribution in [-0.4, -0.2) is 22.7 Å². The van der Waals surface area contributed by atoms with E-state index in [4.69, 9.17) is 11.6 Å². The Morgan fingerprint density at radius 1 is 1.17 bits per heavy atom. The summed E-state index contributed by atoms with van der Waals surface area (Å²) in [6.45, 7) is 4.07. The van der Waals surface area contributed by atoms with E-state index in [1.54, 1.807) is 6.07 Å². The summed E-state index contributed by atoms with van der Waals surface area (Å²) < 4.78 is 27.5. The van der Waals surface area contributed by atoms with Gasteiger partial charge >= 0.3 is 0 Å². The highest BCUT2D eigenvalue weighted by Gasteiger charge is 2.14. The molecule has 2 aromatic rings. The predicted octanol–water partition coefficient (Wildman–Crippen LogP) is 3.79. The minimum Gasteiger partial charge on any atom is -0.395 e. The summed E-state index contributed by atoms with van der Waals surface area (Å²) in [5, 5.41) is 12.4. The fourth-order valence-electron chi connectivity index (χ4n) is 2.16. The van der Waals surface area contributed by atoms with E-state index in [0.717, 1.165) is 0 Å². The van der Waals surface area contributed by atoms with E-state index in [1.807, 2.05) is 13.8 Å². The second-order valence-electron chi connectivity index (χ2n) is 5.67. The lowest BCUT2D eigenvalue weighted by Crippen LogP contribution is -2.36. The van der Waals surface area contributed by atoms with Gasteiger partial charge in [0.2, 0.25) is 0 Å². The van der Waals surface area contributed by atoms with Crippen LogP contribution < -0.4 is 5.32 Å². The van der Waals surface area contributed by atoms with Crippen molar-refractivity contribution in [1.82, 2.24) is 10.3 Å². The monoisotopic (exact) mass is 340 g/mol. The van der Waals surface area contributed by atoms with Crippen molar-refractivity contribution in [3.8, 4) is 11.3 Å². The van der Waals surface area contributed by atoms with Gasteiger partial charge in [0.1, 0.15) is 11.6 Å². The summed E-state index contributed by atoms with van der Waals surface area (Å²) in [5.41, 5.74) is 1.21. The lowest BCUT2D eigenvalue weighted by molar-refractivity contribution is 0.209. The average molecular weight is 341 g/mol. The number of rotatable bonds is 6. The van der Waals surface area contributed by atoms with Crippen LogP contribution in [0.1, 0.15) is 19.5 Å².